The van der Waals surface area contributed by atoms with Crippen molar-refractivity contribution in [2.45, 2.75) is 26.4 Å². The van der Waals surface area contributed by atoms with Crippen molar-refractivity contribution in [2.24, 2.45) is 0 Å². The van der Waals surface area contributed by atoms with Crippen LogP contribution in [0.2, 0.25) is 0 Å². The summed E-state index contributed by atoms with van der Waals surface area (Å²) < 4.78 is 5.38. The number of nitrogens with one attached hydrogen (secondary N) is 1. The van der Waals surface area contributed by atoms with E-state index in [4.69, 9.17) is 4.42 Å². The van der Waals surface area contributed by atoms with Crippen molar-refractivity contribution < 1.29 is 14.3 Å². The van der Waals surface area contributed by atoms with E-state index in [0.29, 0.717) is 35.6 Å². The molecule has 2 rings (SSSR count). The Bertz CT molecular complexity index is 607. The number of aliphatic hydroxyl groups excluding tert-OH is 1. The second-order valence-corrected chi connectivity index (χ2v) is 4.90. The van der Waals surface area contributed by atoms with Crippen molar-refractivity contribution in [2.75, 3.05) is 18.9 Å². The fraction of sp³-hybridized carbons (Fsp3) is 0.429. The average molecular weight is 277 g/mol. The molecule has 6 nitrogen and oxygen atoms in total. The Kier molecular flexibility index (Phi) is 4.24. The number of aromatic nitrogens is 1. The minimum Gasteiger partial charge on any atom is -0.441 e. The Labute approximate surface area is 117 Å². The summed E-state index contributed by atoms with van der Waals surface area (Å²) in [5.74, 6) is 0.595. The van der Waals surface area contributed by atoms with Crippen LogP contribution in [0.4, 0.5) is 10.5 Å². The van der Waals surface area contributed by atoms with Gasteiger partial charge >= 0.3 is 6.03 Å². The molecule has 0 spiro atoms. The van der Waals surface area contributed by atoms with Crippen LogP contribution in [0.5, 0.6) is 0 Å². The number of oxazole rings is 1. The molecule has 0 radical (unpaired) electrons. The molecule has 2 amide bonds. The van der Waals surface area contributed by atoms with Gasteiger partial charge in [0.15, 0.2) is 11.5 Å². The summed E-state index contributed by atoms with van der Waals surface area (Å²) in [7, 11) is 1.69. The predicted octanol–water partition coefficient (Wildman–Crippen LogP) is 2.37. The number of amides is 2. The summed E-state index contributed by atoms with van der Waals surface area (Å²) in [6.07, 6.45) is 0.130. The van der Waals surface area contributed by atoms with Gasteiger partial charge in [0.25, 0.3) is 0 Å². The van der Waals surface area contributed by atoms with Crippen LogP contribution in [0, 0.1) is 6.92 Å². The number of carbonyl (C=O) groups is 1. The maximum Gasteiger partial charge on any atom is 0.321 e. The van der Waals surface area contributed by atoms with E-state index in [9.17, 15) is 9.90 Å². The molecule has 1 aromatic carbocycles. The number of aryl methyl sites for hydroxylation is 1. The van der Waals surface area contributed by atoms with Crippen LogP contribution in [0.25, 0.3) is 11.1 Å². The van der Waals surface area contributed by atoms with Crippen molar-refractivity contribution in [1.29, 1.82) is 0 Å². The van der Waals surface area contributed by atoms with Crippen molar-refractivity contribution in [3.05, 3.63) is 24.1 Å². The maximum atomic E-state index is 12.0. The zero-order valence-electron chi connectivity index (χ0n) is 11.9. The van der Waals surface area contributed by atoms with Crippen LogP contribution in [0.1, 0.15) is 19.2 Å². The lowest BCUT2D eigenvalue weighted by molar-refractivity contribution is 0.167. The SMILES string of the molecule is Cc1nc2cc(NC(=O)N(C)CCC(C)O)ccc2o1. The number of rotatable bonds is 4. The molecule has 0 aliphatic heterocycles. The molecule has 0 aliphatic rings. The highest BCUT2D eigenvalue weighted by atomic mass is 16.3. The number of fused-ring (bicyclic) bond motifs is 1. The molecular formula is C14H19N3O3. The Balaban J connectivity index is 2.01. The molecule has 0 saturated carbocycles. The molecule has 0 bridgehead atoms. The smallest absolute Gasteiger partial charge is 0.321 e. The Hall–Kier alpha value is -2.08. The van der Waals surface area contributed by atoms with E-state index in [1.807, 2.05) is 0 Å². The molecule has 1 unspecified atom stereocenters. The van der Waals surface area contributed by atoms with Gasteiger partial charge in [0.05, 0.1) is 6.10 Å². The summed E-state index contributed by atoms with van der Waals surface area (Å²) in [5, 5.41) is 12.0. The summed E-state index contributed by atoms with van der Waals surface area (Å²) >= 11 is 0. The molecule has 6 heteroatoms. The molecule has 2 N–H and O–H groups in total. The van der Waals surface area contributed by atoms with Crippen LogP contribution in [-0.4, -0.2) is 40.7 Å². The van der Waals surface area contributed by atoms with Crippen molar-refractivity contribution in [3.63, 3.8) is 0 Å². The average Bonchev–Trinajstić information content (AvgIpc) is 2.75. The molecule has 1 heterocycles. The Morgan fingerprint density at radius 1 is 1.55 bits per heavy atom. The van der Waals surface area contributed by atoms with Gasteiger partial charge in [-0.05, 0) is 31.5 Å². The minimum absolute atomic E-state index is 0.217. The van der Waals surface area contributed by atoms with E-state index in [1.54, 1.807) is 39.1 Å². The molecule has 108 valence electrons. The molecule has 2 aromatic rings. The quantitative estimate of drug-likeness (QED) is 0.899. The zero-order valence-corrected chi connectivity index (χ0v) is 11.9. The normalized spacial score (nSPS) is 12.4. The van der Waals surface area contributed by atoms with Gasteiger partial charge in [-0.1, -0.05) is 0 Å². The number of aliphatic hydroxyl groups is 1. The lowest BCUT2D eigenvalue weighted by atomic mass is 10.3. The monoisotopic (exact) mass is 277 g/mol. The van der Waals surface area contributed by atoms with Gasteiger partial charge in [-0.2, -0.15) is 0 Å². The van der Waals surface area contributed by atoms with Gasteiger partial charge in [0.1, 0.15) is 5.52 Å². The first-order valence-electron chi connectivity index (χ1n) is 6.53. The van der Waals surface area contributed by atoms with E-state index >= 15 is 0 Å². The topological polar surface area (TPSA) is 78.6 Å². The zero-order chi connectivity index (χ0) is 14.7. The van der Waals surface area contributed by atoms with Crippen molar-refractivity contribution >= 4 is 22.8 Å². The van der Waals surface area contributed by atoms with Crippen LogP contribution in [0.15, 0.2) is 22.6 Å². The van der Waals surface area contributed by atoms with Gasteiger partial charge in [0.2, 0.25) is 0 Å². The number of hydrogen-bond acceptors (Lipinski definition) is 4. The Morgan fingerprint density at radius 2 is 2.30 bits per heavy atom. The van der Waals surface area contributed by atoms with Gasteiger partial charge in [-0.3, -0.25) is 0 Å². The number of benzene rings is 1. The number of anilines is 1. The molecular weight excluding hydrogens is 258 g/mol. The molecule has 0 saturated heterocycles. The predicted molar refractivity (Wildman–Crippen MR) is 76.7 cm³/mol. The Morgan fingerprint density at radius 3 is 3.00 bits per heavy atom. The fourth-order valence-electron chi connectivity index (χ4n) is 1.82. The van der Waals surface area contributed by atoms with E-state index in [0.717, 1.165) is 0 Å². The summed E-state index contributed by atoms with van der Waals surface area (Å²) in [5.41, 5.74) is 2.08. The van der Waals surface area contributed by atoms with Crippen molar-refractivity contribution in [1.82, 2.24) is 9.88 Å². The first-order valence-corrected chi connectivity index (χ1v) is 6.53. The largest absolute Gasteiger partial charge is 0.441 e. The third-order valence-electron chi connectivity index (χ3n) is 2.97. The first kappa shape index (κ1) is 14.3. The molecule has 1 atom stereocenters. The van der Waals surface area contributed by atoms with Crippen LogP contribution in [0.3, 0.4) is 0 Å². The summed E-state index contributed by atoms with van der Waals surface area (Å²) in [6, 6.07) is 5.10. The fourth-order valence-corrected chi connectivity index (χ4v) is 1.82. The lowest BCUT2D eigenvalue weighted by Crippen LogP contribution is -2.33. The van der Waals surface area contributed by atoms with Gasteiger partial charge in [-0.15, -0.1) is 0 Å². The number of urea groups is 1. The summed E-state index contributed by atoms with van der Waals surface area (Å²) in [4.78, 5) is 17.7. The molecule has 20 heavy (non-hydrogen) atoms. The highest BCUT2D eigenvalue weighted by Crippen LogP contribution is 2.19. The third kappa shape index (κ3) is 3.48. The number of hydrogen-bond donors (Lipinski definition) is 2. The maximum absolute atomic E-state index is 12.0. The highest BCUT2D eigenvalue weighted by Gasteiger charge is 2.11. The van der Waals surface area contributed by atoms with E-state index in [1.165, 1.54) is 4.90 Å². The van der Waals surface area contributed by atoms with Crippen LogP contribution >= 0.6 is 0 Å². The second kappa shape index (κ2) is 5.92. The van der Waals surface area contributed by atoms with Gasteiger partial charge in [0, 0.05) is 26.2 Å². The summed E-state index contributed by atoms with van der Waals surface area (Å²) in [6.45, 7) is 3.98. The van der Waals surface area contributed by atoms with E-state index in [-0.39, 0.29) is 6.03 Å². The third-order valence-corrected chi connectivity index (χ3v) is 2.97. The van der Waals surface area contributed by atoms with Crippen LogP contribution < -0.4 is 5.32 Å². The van der Waals surface area contributed by atoms with Gasteiger partial charge < -0.3 is 19.7 Å². The second-order valence-electron chi connectivity index (χ2n) is 4.90. The number of nitrogens with zero attached hydrogens (tertiary/aromatic N) is 2. The van der Waals surface area contributed by atoms with Crippen molar-refractivity contribution in [3.8, 4) is 0 Å². The lowest BCUT2D eigenvalue weighted by Gasteiger charge is -2.18. The van der Waals surface area contributed by atoms with Crippen LogP contribution in [-0.2, 0) is 0 Å². The molecule has 0 fully saturated rings. The van der Waals surface area contributed by atoms with Gasteiger partial charge in [-0.25, -0.2) is 9.78 Å². The highest BCUT2D eigenvalue weighted by molar-refractivity contribution is 5.91. The standard InChI is InChI=1S/C14H19N3O3/c1-9(18)6-7-17(3)14(19)16-11-4-5-13-12(8-11)15-10(2)20-13/h4-5,8-9,18H,6-7H2,1-3H3,(H,16,19). The van der Waals surface area contributed by atoms with E-state index < -0.39 is 6.10 Å². The number of carbonyl (C=O) groups excluding carboxylic acids is 1. The van der Waals surface area contributed by atoms with E-state index in [2.05, 4.69) is 10.3 Å². The molecule has 1 aromatic heterocycles. The molecule has 0 aliphatic carbocycles. The first-order chi connectivity index (χ1) is 9.45. The minimum atomic E-state index is -0.417.